The fourth-order valence-corrected chi connectivity index (χ4v) is 7.41. The second-order valence-corrected chi connectivity index (χ2v) is 12.7. The van der Waals surface area contributed by atoms with Gasteiger partial charge in [0.25, 0.3) is 0 Å². The van der Waals surface area contributed by atoms with Crippen molar-refractivity contribution in [3.8, 4) is 0 Å². The maximum absolute atomic E-state index is 2.26. The molecule has 172 valence electrons. The standard InChI is InChI=1S/C28H20Ge.2C2H6Si/c1-5-13-21(14-6-1)25-26(22-15-7-2-8-16-22)28(24-19-11-4-12-20-24)29-27(25)23-17-9-3-10-18-23;2*1-3-2/h1-20H;2*1-2H3. The molecule has 4 aromatic carbocycles. The van der Waals surface area contributed by atoms with Gasteiger partial charge in [0.1, 0.15) is 0 Å². The quantitative estimate of drug-likeness (QED) is 0.226. The van der Waals surface area contributed by atoms with E-state index < -0.39 is 15.4 Å². The summed E-state index contributed by atoms with van der Waals surface area (Å²) in [5.74, 6) is 0. The van der Waals surface area contributed by atoms with Crippen molar-refractivity contribution >= 4 is 54.4 Å². The van der Waals surface area contributed by atoms with E-state index >= 15 is 0 Å². The van der Waals surface area contributed by atoms with Crippen LogP contribution in [0.4, 0.5) is 0 Å². The van der Waals surface area contributed by atoms with Gasteiger partial charge in [-0.15, -0.1) is 0 Å². The number of allylic oxidation sites excluding steroid dienone is 2. The van der Waals surface area contributed by atoms with Crippen molar-refractivity contribution in [3.05, 3.63) is 144 Å². The molecule has 35 heavy (non-hydrogen) atoms. The first-order valence-electron chi connectivity index (χ1n) is 11.9. The number of benzene rings is 4. The van der Waals surface area contributed by atoms with E-state index in [0.29, 0.717) is 0 Å². The van der Waals surface area contributed by atoms with Crippen molar-refractivity contribution < 1.29 is 0 Å². The molecule has 0 unspecified atom stereocenters. The van der Waals surface area contributed by atoms with E-state index in [0.717, 1.165) is 19.0 Å². The Labute approximate surface area is 223 Å². The van der Waals surface area contributed by atoms with Crippen LogP contribution in [0.5, 0.6) is 0 Å². The first-order valence-corrected chi connectivity index (χ1v) is 18.0. The number of hydrogen-bond donors (Lipinski definition) is 0. The number of rotatable bonds is 4. The van der Waals surface area contributed by atoms with E-state index in [1.807, 2.05) is 0 Å². The summed E-state index contributed by atoms with van der Waals surface area (Å²) in [6.07, 6.45) is 0. The maximum atomic E-state index is 2.26. The van der Waals surface area contributed by atoms with E-state index in [9.17, 15) is 0 Å². The van der Waals surface area contributed by atoms with Crippen molar-refractivity contribution in [3.63, 3.8) is 0 Å². The van der Waals surface area contributed by atoms with Crippen LogP contribution >= 0.6 is 0 Å². The Morgan fingerprint density at radius 1 is 0.371 bits per heavy atom. The average molecular weight is 545 g/mol. The first-order chi connectivity index (χ1) is 17.2. The van der Waals surface area contributed by atoms with Crippen LogP contribution in [0, 0.1) is 0 Å². The molecule has 0 saturated carbocycles. The summed E-state index contributed by atoms with van der Waals surface area (Å²) in [4.78, 5) is 0. The van der Waals surface area contributed by atoms with Crippen LogP contribution in [-0.4, -0.2) is 34.5 Å². The van der Waals surface area contributed by atoms with Crippen molar-refractivity contribution in [2.24, 2.45) is 0 Å². The molecule has 0 aliphatic carbocycles. The van der Waals surface area contributed by atoms with Crippen LogP contribution < -0.4 is 0 Å². The molecule has 0 N–H and O–H groups in total. The fraction of sp³-hybridized carbons (Fsp3) is 0.125. The van der Waals surface area contributed by atoms with Gasteiger partial charge in [-0.25, -0.2) is 0 Å². The Morgan fingerprint density at radius 2 is 0.600 bits per heavy atom. The first kappa shape index (κ1) is 26.9. The Balaban J connectivity index is 0.000000520. The molecule has 0 aromatic heterocycles. The van der Waals surface area contributed by atoms with Gasteiger partial charge in [0.15, 0.2) is 0 Å². The minimum absolute atomic E-state index is 0.490. The van der Waals surface area contributed by atoms with Crippen molar-refractivity contribution in [1.29, 1.82) is 0 Å². The third-order valence-corrected chi connectivity index (χ3v) is 8.56. The van der Waals surface area contributed by atoms with E-state index in [-0.39, 0.29) is 0 Å². The summed E-state index contributed by atoms with van der Waals surface area (Å²) in [5.41, 5.74) is 8.12. The molecule has 1 heterocycles. The van der Waals surface area contributed by atoms with Crippen LogP contribution in [-0.2, 0) is 0 Å². The fourth-order valence-electron chi connectivity index (χ4n) is 3.93. The van der Waals surface area contributed by atoms with Crippen LogP contribution in [0.3, 0.4) is 0 Å². The van der Waals surface area contributed by atoms with Crippen LogP contribution in [0.2, 0.25) is 26.2 Å². The summed E-state index contributed by atoms with van der Waals surface area (Å²) in [5, 5.41) is 0. The predicted molar refractivity (Wildman–Crippen MR) is 160 cm³/mol. The molecule has 4 aromatic rings. The second-order valence-electron chi connectivity index (χ2n) is 8.09. The molecule has 0 atom stereocenters. The van der Waals surface area contributed by atoms with E-state index in [1.54, 1.807) is 0 Å². The molecule has 0 bridgehead atoms. The van der Waals surface area contributed by atoms with Gasteiger partial charge < -0.3 is 0 Å². The van der Waals surface area contributed by atoms with Crippen molar-refractivity contribution in [2.45, 2.75) is 26.2 Å². The van der Waals surface area contributed by atoms with Crippen LogP contribution in [0.1, 0.15) is 22.3 Å². The van der Waals surface area contributed by atoms with Gasteiger partial charge in [0, 0.05) is 19.0 Å². The summed E-state index contributed by atoms with van der Waals surface area (Å²) in [7, 11) is 2.17. The molecule has 0 saturated heterocycles. The number of hydrogen-bond acceptors (Lipinski definition) is 0. The van der Waals surface area contributed by atoms with Crippen LogP contribution in [0.15, 0.2) is 121 Å². The Morgan fingerprint density at radius 3 is 0.857 bits per heavy atom. The zero-order chi connectivity index (χ0) is 24.9. The molecule has 3 heteroatoms. The second kappa shape index (κ2) is 14.7. The summed E-state index contributed by atoms with van der Waals surface area (Å²) >= 11 is -0.490. The Bertz CT molecular complexity index is 1120. The third kappa shape index (κ3) is 7.17. The van der Waals surface area contributed by atoms with Gasteiger partial charge >= 0.3 is 179 Å². The molecule has 6 radical (unpaired) electrons. The monoisotopic (exact) mass is 546 g/mol. The zero-order valence-electron chi connectivity index (χ0n) is 21.0. The molecule has 5 rings (SSSR count). The van der Waals surface area contributed by atoms with Gasteiger partial charge in [-0.1, -0.05) is 26.2 Å². The molecule has 1 aliphatic heterocycles. The predicted octanol–water partition coefficient (Wildman–Crippen LogP) is 8.41. The topological polar surface area (TPSA) is 0 Å². The van der Waals surface area contributed by atoms with Gasteiger partial charge in [-0.3, -0.25) is 0 Å². The molecule has 1 aliphatic rings. The van der Waals surface area contributed by atoms with E-state index in [1.165, 1.54) is 42.2 Å². The van der Waals surface area contributed by atoms with Gasteiger partial charge in [0.2, 0.25) is 0 Å². The summed E-state index contributed by atoms with van der Waals surface area (Å²) in [6.45, 7) is 8.61. The summed E-state index contributed by atoms with van der Waals surface area (Å²) < 4.78 is 3.05. The van der Waals surface area contributed by atoms with Crippen molar-refractivity contribution in [2.75, 3.05) is 0 Å². The third-order valence-electron chi connectivity index (χ3n) is 5.25. The van der Waals surface area contributed by atoms with E-state index in [4.69, 9.17) is 0 Å². The average Bonchev–Trinajstić information content (AvgIpc) is 3.32. The molecule has 0 nitrogen and oxygen atoms in total. The molecular weight excluding hydrogens is 513 g/mol. The van der Waals surface area contributed by atoms with Gasteiger partial charge in [-0.2, -0.15) is 0 Å². The molecule has 0 amide bonds. The summed E-state index contributed by atoms with van der Waals surface area (Å²) in [6, 6.07) is 43.7. The van der Waals surface area contributed by atoms with Crippen molar-refractivity contribution in [1.82, 2.24) is 0 Å². The van der Waals surface area contributed by atoms with Crippen LogP contribution in [0.25, 0.3) is 20.0 Å². The SMILES string of the molecule is C[Si]C.C[Si]C.c1ccc([C]2=C(c3ccccc3)C(c3ccccc3)=[C](c3ccccc3)[Ge]2)cc1. The van der Waals surface area contributed by atoms with Gasteiger partial charge in [0.05, 0.1) is 0 Å². The molecule has 0 fully saturated rings. The zero-order valence-corrected chi connectivity index (χ0v) is 25.1. The molecular formula is C32H32GeSi2. The van der Waals surface area contributed by atoms with E-state index in [2.05, 4.69) is 148 Å². The normalized spacial score (nSPS) is 12.5. The Kier molecular flexibility index (Phi) is 11.3. The van der Waals surface area contributed by atoms with Gasteiger partial charge in [-0.05, 0) is 0 Å². The Hall–Kier alpha value is -2.66. The molecule has 0 spiro atoms. The minimum atomic E-state index is -0.490.